The molecule has 0 aromatic carbocycles. The van der Waals surface area contributed by atoms with Crippen molar-refractivity contribution in [1.29, 1.82) is 0 Å². The van der Waals surface area contributed by atoms with E-state index in [9.17, 15) is 13.6 Å². The molecule has 1 aliphatic rings. The minimum atomic E-state index is -2.50. The van der Waals surface area contributed by atoms with Crippen molar-refractivity contribution in [3.63, 3.8) is 0 Å². The highest BCUT2D eigenvalue weighted by Crippen LogP contribution is 2.27. The molecule has 1 saturated heterocycles. The van der Waals surface area contributed by atoms with Crippen molar-refractivity contribution in [1.82, 2.24) is 15.3 Å². The Balaban J connectivity index is 1.78. The first-order valence-corrected chi connectivity index (χ1v) is 7.19. The lowest BCUT2D eigenvalue weighted by Crippen LogP contribution is -2.37. The molecule has 1 aromatic heterocycles. The van der Waals surface area contributed by atoms with E-state index in [0.717, 1.165) is 25.9 Å². The summed E-state index contributed by atoms with van der Waals surface area (Å²) in [6.45, 7) is 0.904. The minimum absolute atomic E-state index is 0.208. The molecule has 1 amide bonds. The first kappa shape index (κ1) is 15.9. The first-order chi connectivity index (χ1) is 10.1. The van der Waals surface area contributed by atoms with Crippen LogP contribution in [-0.4, -0.2) is 41.9 Å². The molecule has 0 aliphatic carbocycles. The van der Waals surface area contributed by atoms with E-state index in [-0.39, 0.29) is 18.2 Å². The zero-order chi connectivity index (χ0) is 15.2. The molecular weight excluding hydrogens is 302 g/mol. The van der Waals surface area contributed by atoms with Crippen molar-refractivity contribution in [2.45, 2.75) is 25.7 Å². The van der Waals surface area contributed by atoms with Gasteiger partial charge in [0.2, 0.25) is 5.91 Å². The number of aromatic nitrogens is 2. The molecule has 0 radical (unpaired) electrons. The van der Waals surface area contributed by atoms with Crippen LogP contribution in [0, 0.1) is 5.92 Å². The van der Waals surface area contributed by atoms with Gasteiger partial charge in [-0.1, -0.05) is 11.6 Å². The minimum Gasteiger partial charge on any atom is -0.355 e. The second-order valence-corrected chi connectivity index (χ2v) is 5.43. The summed E-state index contributed by atoms with van der Waals surface area (Å²) < 4.78 is 24.0. The van der Waals surface area contributed by atoms with Gasteiger partial charge in [-0.2, -0.15) is 0 Å². The summed E-state index contributed by atoms with van der Waals surface area (Å²) in [5.41, 5.74) is 0. The molecule has 116 valence electrons. The molecule has 1 fully saturated rings. The van der Waals surface area contributed by atoms with Gasteiger partial charge in [-0.15, -0.1) is 0 Å². The van der Waals surface area contributed by atoms with Crippen LogP contribution in [-0.2, 0) is 4.79 Å². The Hall–Kier alpha value is -1.50. The zero-order valence-corrected chi connectivity index (χ0v) is 12.2. The maximum atomic E-state index is 12.0. The summed E-state index contributed by atoms with van der Waals surface area (Å²) >= 11 is 6.05. The molecule has 5 nitrogen and oxygen atoms in total. The van der Waals surface area contributed by atoms with Crippen molar-refractivity contribution >= 4 is 23.3 Å². The standard InChI is InChI=1S/C13H17ClF2N4O/c14-10-6-17-8-19-13(10)20-3-1-9(2-4-20)5-12(21)18-7-11(15)16/h6,8-9,11H,1-5,7H2,(H,18,21). The number of carbonyl (C=O) groups is 1. The van der Waals surface area contributed by atoms with Gasteiger partial charge in [0.15, 0.2) is 5.82 Å². The van der Waals surface area contributed by atoms with Gasteiger partial charge in [0, 0.05) is 19.5 Å². The van der Waals surface area contributed by atoms with E-state index in [1.54, 1.807) is 6.20 Å². The molecule has 2 rings (SSSR count). The van der Waals surface area contributed by atoms with Crippen molar-refractivity contribution in [3.05, 3.63) is 17.5 Å². The van der Waals surface area contributed by atoms with Crippen LogP contribution < -0.4 is 10.2 Å². The van der Waals surface area contributed by atoms with Gasteiger partial charge < -0.3 is 10.2 Å². The number of amides is 1. The van der Waals surface area contributed by atoms with E-state index in [2.05, 4.69) is 20.2 Å². The van der Waals surface area contributed by atoms with Gasteiger partial charge >= 0.3 is 0 Å². The maximum Gasteiger partial charge on any atom is 0.255 e. The summed E-state index contributed by atoms with van der Waals surface area (Å²) in [6.07, 6.45) is 2.40. The van der Waals surface area contributed by atoms with Gasteiger partial charge in [0.25, 0.3) is 6.43 Å². The summed E-state index contributed by atoms with van der Waals surface area (Å²) in [6, 6.07) is 0. The van der Waals surface area contributed by atoms with Crippen molar-refractivity contribution in [2.75, 3.05) is 24.5 Å². The Labute approximate surface area is 126 Å². The van der Waals surface area contributed by atoms with Gasteiger partial charge in [0.05, 0.1) is 12.7 Å². The normalized spacial score (nSPS) is 16.3. The fourth-order valence-corrected chi connectivity index (χ4v) is 2.64. The first-order valence-electron chi connectivity index (χ1n) is 6.81. The molecular formula is C13H17ClF2N4O. The maximum absolute atomic E-state index is 12.0. The Morgan fingerprint density at radius 3 is 2.81 bits per heavy atom. The highest BCUT2D eigenvalue weighted by molar-refractivity contribution is 6.32. The van der Waals surface area contributed by atoms with Gasteiger partial charge in [-0.25, -0.2) is 18.7 Å². The number of hydrogen-bond acceptors (Lipinski definition) is 4. The van der Waals surface area contributed by atoms with Crippen molar-refractivity contribution < 1.29 is 13.6 Å². The zero-order valence-electron chi connectivity index (χ0n) is 11.4. The Bertz CT molecular complexity index is 481. The monoisotopic (exact) mass is 318 g/mol. The highest BCUT2D eigenvalue weighted by Gasteiger charge is 2.23. The molecule has 1 N–H and O–H groups in total. The Morgan fingerprint density at radius 1 is 1.48 bits per heavy atom. The molecule has 0 atom stereocenters. The number of alkyl halides is 2. The molecule has 0 unspecified atom stereocenters. The average Bonchev–Trinajstić information content (AvgIpc) is 2.47. The SMILES string of the molecule is O=C(CC1CCN(c2ncncc2Cl)CC1)NCC(F)F. The van der Waals surface area contributed by atoms with Gasteiger partial charge in [0.1, 0.15) is 11.3 Å². The lowest BCUT2D eigenvalue weighted by molar-refractivity contribution is -0.122. The molecule has 0 saturated carbocycles. The van der Waals surface area contributed by atoms with Crippen LogP contribution in [0.25, 0.3) is 0 Å². The van der Waals surface area contributed by atoms with Crippen LogP contribution in [0.5, 0.6) is 0 Å². The van der Waals surface area contributed by atoms with Crippen LogP contribution >= 0.6 is 11.6 Å². The summed E-state index contributed by atoms with van der Waals surface area (Å²) in [4.78, 5) is 21.6. The highest BCUT2D eigenvalue weighted by atomic mass is 35.5. The number of nitrogens with zero attached hydrogens (tertiary/aromatic N) is 3. The van der Waals surface area contributed by atoms with E-state index < -0.39 is 13.0 Å². The second-order valence-electron chi connectivity index (χ2n) is 5.02. The van der Waals surface area contributed by atoms with Crippen molar-refractivity contribution in [3.8, 4) is 0 Å². The fraction of sp³-hybridized carbons (Fsp3) is 0.615. The van der Waals surface area contributed by atoms with Crippen molar-refractivity contribution in [2.24, 2.45) is 5.92 Å². The molecule has 1 aliphatic heterocycles. The predicted octanol–water partition coefficient (Wildman–Crippen LogP) is 2.12. The average molecular weight is 319 g/mol. The summed E-state index contributed by atoms with van der Waals surface area (Å²) in [7, 11) is 0. The molecule has 2 heterocycles. The van der Waals surface area contributed by atoms with Gasteiger partial charge in [-0.3, -0.25) is 4.79 Å². The predicted molar refractivity (Wildman–Crippen MR) is 75.6 cm³/mol. The van der Waals surface area contributed by atoms with Crippen LogP contribution in [0.1, 0.15) is 19.3 Å². The lowest BCUT2D eigenvalue weighted by Gasteiger charge is -2.32. The third kappa shape index (κ3) is 4.77. The van der Waals surface area contributed by atoms with Crippen LogP contribution in [0.15, 0.2) is 12.5 Å². The number of anilines is 1. The topological polar surface area (TPSA) is 58.1 Å². The largest absolute Gasteiger partial charge is 0.355 e. The third-order valence-corrected chi connectivity index (χ3v) is 3.76. The molecule has 0 spiro atoms. The lowest BCUT2D eigenvalue weighted by atomic mass is 9.93. The number of piperidine rings is 1. The quantitative estimate of drug-likeness (QED) is 0.903. The molecule has 1 aromatic rings. The van der Waals surface area contributed by atoms with Gasteiger partial charge in [-0.05, 0) is 18.8 Å². The molecule has 0 bridgehead atoms. The number of hydrogen-bond donors (Lipinski definition) is 1. The second kappa shape index (κ2) is 7.49. The number of carbonyl (C=O) groups excluding carboxylic acids is 1. The number of rotatable bonds is 5. The molecule has 8 heteroatoms. The van der Waals surface area contributed by atoms with Crippen LogP contribution in [0.4, 0.5) is 14.6 Å². The Morgan fingerprint density at radius 2 is 2.19 bits per heavy atom. The summed E-state index contributed by atoms with van der Waals surface area (Å²) in [5.74, 6) is 0.598. The van der Waals surface area contributed by atoms with E-state index in [4.69, 9.17) is 11.6 Å². The van der Waals surface area contributed by atoms with Crippen LogP contribution in [0.3, 0.4) is 0 Å². The smallest absolute Gasteiger partial charge is 0.255 e. The number of halogens is 3. The van der Waals surface area contributed by atoms with E-state index in [1.807, 2.05) is 0 Å². The number of nitrogens with one attached hydrogen (secondary N) is 1. The fourth-order valence-electron chi connectivity index (χ4n) is 2.41. The van der Waals surface area contributed by atoms with E-state index in [0.29, 0.717) is 10.8 Å². The molecule has 21 heavy (non-hydrogen) atoms. The third-order valence-electron chi connectivity index (χ3n) is 3.49. The summed E-state index contributed by atoms with van der Waals surface area (Å²) in [5, 5.41) is 2.74. The Kier molecular flexibility index (Phi) is 5.67. The van der Waals surface area contributed by atoms with E-state index in [1.165, 1.54) is 6.33 Å². The van der Waals surface area contributed by atoms with Crippen LogP contribution in [0.2, 0.25) is 5.02 Å². The van der Waals surface area contributed by atoms with E-state index >= 15 is 0 Å².